The lowest BCUT2D eigenvalue weighted by Gasteiger charge is -2.13. The molecule has 0 amide bonds. The topological polar surface area (TPSA) is 81.4 Å². The van der Waals surface area contributed by atoms with Crippen molar-refractivity contribution in [2.75, 3.05) is 20.2 Å². The molecule has 114 valence electrons. The van der Waals surface area contributed by atoms with E-state index in [1.165, 1.54) is 0 Å². The predicted molar refractivity (Wildman–Crippen MR) is 80.4 cm³/mol. The first kappa shape index (κ1) is 16.9. The van der Waals surface area contributed by atoms with Crippen LogP contribution < -0.4 is 15.2 Å². The number of hydrogen-bond acceptors (Lipinski definition) is 4. The summed E-state index contributed by atoms with van der Waals surface area (Å²) in [7, 11) is -1.94. The third-order valence-electron chi connectivity index (χ3n) is 2.98. The van der Waals surface area contributed by atoms with Crippen molar-refractivity contribution in [3.8, 4) is 5.75 Å². The molecule has 1 rings (SSSR count). The van der Waals surface area contributed by atoms with E-state index in [1.54, 1.807) is 25.3 Å². The molecule has 0 heterocycles. The molecule has 1 aromatic carbocycles. The minimum atomic E-state index is -3.49. The Kier molecular flexibility index (Phi) is 6.45. The van der Waals surface area contributed by atoms with Gasteiger partial charge in [0.1, 0.15) is 5.75 Å². The Labute approximate surface area is 121 Å². The van der Waals surface area contributed by atoms with Gasteiger partial charge in [-0.1, -0.05) is 13.8 Å². The van der Waals surface area contributed by atoms with Crippen molar-refractivity contribution in [2.45, 2.75) is 31.6 Å². The summed E-state index contributed by atoms with van der Waals surface area (Å²) in [5, 5.41) is 0. The monoisotopic (exact) mass is 300 g/mol. The van der Waals surface area contributed by atoms with Crippen LogP contribution in [0.3, 0.4) is 0 Å². The van der Waals surface area contributed by atoms with Crippen molar-refractivity contribution in [1.29, 1.82) is 0 Å². The molecule has 0 radical (unpaired) electrons. The summed E-state index contributed by atoms with van der Waals surface area (Å²) in [6, 6.07) is 4.95. The average molecular weight is 300 g/mol. The van der Waals surface area contributed by atoms with Crippen molar-refractivity contribution in [1.82, 2.24) is 4.72 Å². The largest absolute Gasteiger partial charge is 0.497 e. The number of benzene rings is 1. The molecule has 0 aliphatic heterocycles. The van der Waals surface area contributed by atoms with Gasteiger partial charge in [-0.05, 0) is 49.1 Å². The van der Waals surface area contributed by atoms with Gasteiger partial charge in [-0.2, -0.15) is 0 Å². The van der Waals surface area contributed by atoms with Crippen molar-refractivity contribution in [2.24, 2.45) is 11.7 Å². The van der Waals surface area contributed by atoms with E-state index >= 15 is 0 Å². The smallest absolute Gasteiger partial charge is 0.240 e. The number of hydrogen-bond donors (Lipinski definition) is 2. The highest BCUT2D eigenvalue weighted by molar-refractivity contribution is 7.89. The highest BCUT2D eigenvalue weighted by atomic mass is 32.2. The fraction of sp³-hybridized carbons (Fsp3) is 0.571. The molecule has 0 atom stereocenters. The van der Waals surface area contributed by atoms with Gasteiger partial charge >= 0.3 is 0 Å². The lowest BCUT2D eigenvalue weighted by molar-refractivity contribution is 0.413. The maximum absolute atomic E-state index is 12.3. The number of nitrogens with one attached hydrogen (secondary N) is 1. The van der Waals surface area contributed by atoms with E-state index in [2.05, 4.69) is 18.6 Å². The van der Waals surface area contributed by atoms with Crippen LogP contribution in [-0.4, -0.2) is 28.6 Å². The normalized spacial score (nSPS) is 11.8. The summed E-state index contributed by atoms with van der Waals surface area (Å²) in [5.74, 6) is 1.09. The molecule has 0 bridgehead atoms. The predicted octanol–water partition coefficient (Wildman–Crippen LogP) is 1.52. The Bertz CT molecular complexity index is 527. The van der Waals surface area contributed by atoms with Crippen molar-refractivity contribution >= 4 is 10.0 Å². The number of ether oxygens (including phenoxy) is 1. The second-order valence-electron chi connectivity index (χ2n) is 5.09. The molecule has 5 nitrogen and oxygen atoms in total. The zero-order valence-corrected chi connectivity index (χ0v) is 13.2. The van der Waals surface area contributed by atoms with Gasteiger partial charge < -0.3 is 10.5 Å². The van der Waals surface area contributed by atoms with E-state index in [-0.39, 0.29) is 4.90 Å². The van der Waals surface area contributed by atoms with E-state index in [1.807, 2.05) is 0 Å². The molecule has 6 heteroatoms. The first-order chi connectivity index (χ1) is 9.40. The van der Waals surface area contributed by atoms with Crippen molar-refractivity contribution in [3.63, 3.8) is 0 Å². The Morgan fingerprint density at radius 1 is 1.35 bits per heavy atom. The van der Waals surface area contributed by atoms with E-state index in [9.17, 15) is 8.42 Å². The zero-order valence-electron chi connectivity index (χ0n) is 12.3. The van der Waals surface area contributed by atoms with Crippen LogP contribution in [0.2, 0.25) is 0 Å². The lowest BCUT2D eigenvalue weighted by atomic mass is 10.1. The molecule has 0 aromatic heterocycles. The third-order valence-corrected chi connectivity index (χ3v) is 4.55. The molecular weight excluding hydrogens is 276 g/mol. The fourth-order valence-corrected chi connectivity index (χ4v) is 3.15. The van der Waals surface area contributed by atoms with Gasteiger partial charge in [0, 0.05) is 6.54 Å². The van der Waals surface area contributed by atoms with Gasteiger partial charge in [0.05, 0.1) is 12.0 Å². The first-order valence-electron chi connectivity index (χ1n) is 6.77. The maximum Gasteiger partial charge on any atom is 0.240 e. The number of rotatable bonds is 8. The summed E-state index contributed by atoms with van der Waals surface area (Å²) in [6.45, 7) is 4.94. The highest BCUT2D eigenvalue weighted by Crippen LogP contribution is 2.22. The molecule has 1 aromatic rings. The van der Waals surface area contributed by atoms with Gasteiger partial charge in [0.2, 0.25) is 10.0 Å². The van der Waals surface area contributed by atoms with Crippen LogP contribution in [0.15, 0.2) is 23.1 Å². The average Bonchev–Trinajstić information content (AvgIpc) is 2.38. The van der Waals surface area contributed by atoms with Crippen molar-refractivity contribution in [3.05, 3.63) is 23.8 Å². The Morgan fingerprint density at radius 3 is 2.60 bits per heavy atom. The summed E-state index contributed by atoms with van der Waals surface area (Å²) in [6.07, 6.45) is 1.30. The van der Waals surface area contributed by atoms with Crippen LogP contribution >= 0.6 is 0 Å². The number of methoxy groups -OCH3 is 1. The summed E-state index contributed by atoms with van der Waals surface area (Å²) in [5.41, 5.74) is 6.23. The number of sulfonamides is 1. The van der Waals surface area contributed by atoms with Crippen LogP contribution in [0.4, 0.5) is 0 Å². The first-order valence-corrected chi connectivity index (χ1v) is 8.25. The second kappa shape index (κ2) is 7.61. The molecule has 0 aliphatic rings. The minimum Gasteiger partial charge on any atom is -0.497 e. The summed E-state index contributed by atoms with van der Waals surface area (Å²) >= 11 is 0. The molecule has 0 fully saturated rings. The Balaban J connectivity index is 2.98. The van der Waals surface area contributed by atoms with E-state index < -0.39 is 10.0 Å². The van der Waals surface area contributed by atoms with Gasteiger partial charge in [-0.25, -0.2) is 13.1 Å². The van der Waals surface area contributed by atoms with Crippen LogP contribution in [0.25, 0.3) is 0 Å². The maximum atomic E-state index is 12.3. The van der Waals surface area contributed by atoms with E-state index in [0.29, 0.717) is 36.7 Å². The number of nitrogens with two attached hydrogens (primary N) is 1. The van der Waals surface area contributed by atoms with Crippen LogP contribution in [0.5, 0.6) is 5.75 Å². The third kappa shape index (κ3) is 4.77. The van der Waals surface area contributed by atoms with Gasteiger partial charge in [0.15, 0.2) is 0 Å². The van der Waals surface area contributed by atoms with Crippen LogP contribution in [0.1, 0.15) is 25.8 Å². The second-order valence-corrected chi connectivity index (χ2v) is 6.83. The molecule has 3 N–H and O–H groups in total. The fourth-order valence-electron chi connectivity index (χ4n) is 1.86. The molecule has 0 aliphatic carbocycles. The van der Waals surface area contributed by atoms with E-state index in [0.717, 1.165) is 6.42 Å². The summed E-state index contributed by atoms with van der Waals surface area (Å²) < 4.78 is 32.4. The highest BCUT2D eigenvalue weighted by Gasteiger charge is 2.18. The SMILES string of the molecule is COc1ccc(S(=O)(=O)NCCC(C)C)c(CCN)c1. The van der Waals surface area contributed by atoms with E-state index in [4.69, 9.17) is 10.5 Å². The van der Waals surface area contributed by atoms with Gasteiger partial charge in [0.25, 0.3) is 0 Å². The molecule has 20 heavy (non-hydrogen) atoms. The van der Waals surface area contributed by atoms with Gasteiger partial charge in [-0.15, -0.1) is 0 Å². The zero-order chi connectivity index (χ0) is 15.2. The Hall–Kier alpha value is -1.11. The summed E-state index contributed by atoms with van der Waals surface area (Å²) in [4.78, 5) is 0.285. The minimum absolute atomic E-state index is 0.285. The molecule has 0 saturated heterocycles. The molecule has 0 unspecified atom stereocenters. The molecular formula is C14H24N2O3S. The molecule has 0 spiro atoms. The van der Waals surface area contributed by atoms with Crippen molar-refractivity contribution < 1.29 is 13.2 Å². The quantitative estimate of drug-likeness (QED) is 0.762. The van der Waals surface area contributed by atoms with Gasteiger partial charge in [-0.3, -0.25) is 0 Å². The van der Waals surface area contributed by atoms with Crippen LogP contribution in [0, 0.1) is 5.92 Å². The van der Waals surface area contributed by atoms with Crippen LogP contribution in [-0.2, 0) is 16.4 Å². The Morgan fingerprint density at radius 2 is 2.05 bits per heavy atom. The lowest BCUT2D eigenvalue weighted by Crippen LogP contribution is -2.27. The standard InChI is InChI=1S/C14H24N2O3S/c1-11(2)7-9-16-20(17,18)14-5-4-13(19-3)10-12(14)6-8-15/h4-5,10-11,16H,6-9,15H2,1-3H3. The molecule has 0 saturated carbocycles.